The zero-order chi connectivity index (χ0) is 14.3. The van der Waals surface area contributed by atoms with Crippen LogP contribution >= 0.6 is 0 Å². The van der Waals surface area contributed by atoms with Crippen LogP contribution in [0.2, 0.25) is 0 Å². The summed E-state index contributed by atoms with van der Waals surface area (Å²) in [5, 5.41) is 5.55. The van der Waals surface area contributed by atoms with Gasteiger partial charge in [0.25, 0.3) is 0 Å². The highest BCUT2D eigenvalue weighted by Crippen LogP contribution is 2.08. The molecule has 0 aliphatic rings. The van der Waals surface area contributed by atoms with E-state index in [1.807, 2.05) is 31.2 Å². The van der Waals surface area contributed by atoms with E-state index in [1.54, 1.807) is 6.26 Å². The van der Waals surface area contributed by atoms with Gasteiger partial charge >= 0.3 is 6.03 Å². The van der Waals surface area contributed by atoms with E-state index in [2.05, 4.69) is 10.6 Å². The number of amides is 2. The molecule has 0 aliphatic heterocycles. The largest absolute Gasteiger partial charge is 0.338 e. The fraction of sp³-hybridized carbons (Fsp3) is 0.462. The second-order valence-corrected chi connectivity index (χ2v) is 6.18. The van der Waals surface area contributed by atoms with Crippen molar-refractivity contribution in [1.29, 1.82) is 0 Å². The van der Waals surface area contributed by atoms with Gasteiger partial charge in [-0.2, -0.15) is 0 Å². The van der Waals surface area contributed by atoms with Crippen LogP contribution in [0.1, 0.15) is 18.9 Å². The van der Waals surface area contributed by atoms with E-state index in [4.69, 9.17) is 5.73 Å². The molecule has 0 spiro atoms. The van der Waals surface area contributed by atoms with Crippen molar-refractivity contribution >= 4 is 22.5 Å². The summed E-state index contributed by atoms with van der Waals surface area (Å²) in [4.78, 5) is 11.6. The van der Waals surface area contributed by atoms with E-state index >= 15 is 0 Å². The number of nitrogens with one attached hydrogen (secondary N) is 2. The number of benzene rings is 1. The van der Waals surface area contributed by atoms with Crippen molar-refractivity contribution in [3.8, 4) is 0 Å². The Bertz CT molecular complexity index is 434. The average molecular weight is 283 g/mol. The van der Waals surface area contributed by atoms with Gasteiger partial charge in [-0.25, -0.2) is 4.79 Å². The Kier molecular flexibility index (Phi) is 6.52. The number of anilines is 1. The first-order valence-electron chi connectivity index (χ1n) is 6.19. The number of hydrogen-bond acceptors (Lipinski definition) is 3. The molecule has 1 aromatic rings. The van der Waals surface area contributed by atoms with Gasteiger partial charge in [0.2, 0.25) is 0 Å². The first-order valence-corrected chi connectivity index (χ1v) is 7.81. The molecule has 0 aliphatic carbocycles. The Hall–Kier alpha value is -1.40. The first kappa shape index (κ1) is 15.7. The predicted octanol–water partition coefficient (Wildman–Crippen LogP) is 1.42. The van der Waals surface area contributed by atoms with Crippen molar-refractivity contribution < 1.29 is 9.00 Å². The SMILES string of the molecule is CC(CCNC(=O)Nc1ccc(CN)cc1)S(C)=O. The molecular formula is C13H21N3O2S. The molecule has 6 heteroatoms. The summed E-state index contributed by atoms with van der Waals surface area (Å²) in [5.74, 6) is 0. The summed E-state index contributed by atoms with van der Waals surface area (Å²) in [6.07, 6.45) is 2.37. The van der Waals surface area contributed by atoms with Gasteiger partial charge in [0.1, 0.15) is 0 Å². The Morgan fingerprint density at radius 2 is 2.00 bits per heavy atom. The highest BCUT2D eigenvalue weighted by molar-refractivity contribution is 7.84. The second-order valence-electron chi connectivity index (χ2n) is 4.38. The van der Waals surface area contributed by atoms with Gasteiger partial charge < -0.3 is 16.4 Å². The summed E-state index contributed by atoms with van der Waals surface area (Å²) >= 11 is 0. The number of hydrogen-bond donors (Lipinski definition) is 3. The molecule has 0 saturated carbocycles. The Labute approximate surface area is 116 Å². The Morgan fingerprint density at radius 3 is 2.53 bits per heavy atom. The maximum atomic E-state index is 11.6. The van der Waals surface area contributed by atoms with Crippen LogP contribution in [-0.2, 0) is 17.3 Å². The molecule has 0 radical (unpaired) electrons. The summed E-state index contributed by atoms with van der Waals surface area (Å²) in [7, 11) is -0.850. The molecular weight excluding hydrogens is 262 g/mol. The van der Waals surface area contributed by atoms with Crippen LogP contribution in [0.4, 0.5) is 10.5 Å². The van der Waals surface area contributed by atoms with Gasteiger partial charge in [0, 0.05) is 41.1 Å². The molecule has 1 aromatic carbocycles. The average Bonchev–Trinajstić information content (AvgIpc) is 2.39. The molecule has 0 saturated heterocycles. The third-order valence-corrected chi connectivity index (χ3v) is 4.22. The zero-order valence-corrected chi connectivity index (χ0v) is 12.1. The fourth-order valence-electron chi connectivity index (χ4n) is 1.45. The van der Waals surface area contributed by atoms with Crippen LogP contribution in [-0.4, -0.2) is 28.3 Å². The van der Waals surface area contributed by atoms with Crippen LogP contribution in [0, 0.1) is 0 Å². The molecule has 0 bridgehead atoms. The Balaban J connectivity index is 2.32. The lowest BCUT2D eigenvalue weighted by Crippen LogP contribution is -2.31. The maximum Gasteiger partial charge on any atom is 0.319 e. The molecule has 0 heterocycles. The van der Waals surface area contributed by atoms with Crippen molar-refractivity contribution in [1.82, 2.24) is 5.32 Å². The lowest BCUT2D eigenvalue weighted by atomic mass is 10.2. The van der Waals surface area contributed by atoms with Gasteiger partial charge in [-0.3, -0.25) is 4.21 Å². The molecule has 2 amide bonds. The van der Waals surface area contributed by atoms with Crippen molar-refractivity contribution in [2.24, 2.45) is 5.73 Å². The number of rotatable bonds is 6. The van der Waals surface area contributed by atoms with Crippen LogP contribution in [0.15, 0.2) is 24.3 Å². The van der Waals surface area contributed by atoms with E-state index in [9.17, 15) is 9.00 Å². The highest BCUT2D eigenvalue weighted by atomic mass is 32.2. The van der Waals surface area contributed by atoms with Gasteiger partial charge in [-0.15, -0.1) is 0 Å². The number of nitrogens with two attached hydrogens (primary N) is 1. The van der Waals surface area contributed by atoms with Gasteiger partial charge in [0.05, 0.1) is 0 Å². The number of urea groups is 1. The van der Waals surface area contributed by atoms with E-state index in [0.717, 1.165) is 11.3 Å². The zero-order valence-electron chi connectivity index (χ0n) is 11.3. The highest BCUT2D eigenvalue weighted by Gasteiger charge is 2.07. The third kappa shape index (κ3) is 5.85. The number of carbonyl (C=O) groups is 1. The number of carbonyl (C=O) groups excluding carboxylic acids is 1. The van der Waals surface area contributed by atoms with Gasteiger partial charge in [-0.1, -0.05) is 19.1 Å². The molecule has 0 aromatic heterocycles. The lowest BCUT2D eigenvalue weighted by Gasteiger charge is -2.10. The maximum absolute atomic E-state index is 11.6. The van der Waals surface area contributed by atoms with Crippen molar-refractivity contribution in [3.63, 3.8) is 0 Å². The normalized spacial score (nSPS) is 13.6. The van der Waals surface area contributed by atoms with Crippen molar-refractivity contribution in [2.45, 2.75) is 25.1 Å². The standard InChI is InChI=1S/C13H21N3O2S/c1-10(19(2)18)7-8-15-13(17)16-12-5-3-11(9-14)4-6-12/h3-6,10H,7-9,14H2,1-2H3,(H2,15,16,17). The van der Waals surface area contributed by atoms with E-state index in [0.29, 0.717) is 19.5 Å². The minimum atomic E-state index is -0.850. The first-order chi connectivity index (χ1) is 9.02. The summed E-state index contributed by atoms with van der Waals surface area (Å²) in [5.41, 5.74) is 7.24. The predicted molar refractivity (Wildman–Crippen MR) is 79.5 cm³/mol. The molecule has 106 valence electrons. The quantitative estimate of drug-likeness (QED) is 0.738. The topological polar surface area (TPSA) is 84.2 Å². The van der Waals surface area contributed by atoms with Crippen LogP contribution in [0.5, 0.6) is 0 Å². The molecule has 1 rings (SSSR count). The molecule has 2 unspecified atom stereocenters. The minimum Gasteiger partial charge on any atom is -0.338 e. The second kappa shape index (κ2) is 7.91. The molecule has 19 heavy (non-hydrogen) atoms. The Morgan fingerprint density at radius 1 is 1.37 bits per heavy atom. The fourth-order valence-corrected chi connectivity index (χ4v) is 1.90. The third-order valence-electron chi connectivity index (χ3n) is 2.85. The van der Waals surface area contributed by atoms with E-state index in [1.165, 1.54) is 0 Å². The molecule has 5 nitrogen and oxygen atoms in total. The van der Waals surface area contributed by atoms with Crippen LogP contribution in [0.3, 0.4) is 0 Å². The van der Waals surface area contributed by atoms with Gasteiger partial charge in [0.15, 0.2) is 0 Å². The molecule has 0 fully saturated rings. The lowest BCUT2D eigenvalue weighted by molar-refractivity contribution is 0.252. The molecule has 2 atom stereocenters. The minimum absolute atomic E-state index is 0.0872. The van der Waals surface area contributed by atoms with Crippen molar-refractivity contribution in [2.75, 3.05) is 18.1 Å². The summed E-state index contributed by atoms with van der Waals surface area (Å²) in [6, 6.07) is 7.11. The van der Waals surface area contributed by atoms with E-state index in [-0.39, 0.29) is 11.3 Å². The monoisotopic (exact) mass is 283 g/mol. The summed E-state index contributed by atoms with van der Waals surface area (Å²) in [6.45, 7) is 2.90. The van der Waals surface area contributed by atoms with E-state index < -0.39 is 10.8 Å². The smallest absolute Gasteiger partial charge is 0.319 e. The van der Waals surface area contributed by atoms with Crippen molar-refractivity contribution in [3.05, 3.63) is 29.8 Å². The molecule has 4 N–H and O–H groups in total. The van der Waals surface area contributed by atoms with Crippen LogP contribution < -0.4 is 16.4 Å². The van der Waals surface area contributed by atoms with Gasteiger partial charge in [-0.05, 0) is 24.1 Å². The summed E-state index contributed by atoms with van der Waals surface area (Å²) < 4.78 is 11.1. The van der Waals surface area contributed by atoms with Crippen LogP contribution in [0.25, 0.3) is 0 Å².